The van der Waals surface area contributed by atoms with Crippen molar-refractivity contribution in [1.82, 2.24) is 0 Å². The molecule has 0 spiro atoms. The Hall–Kier alpha value is -0.655. The van der Waals surface area contributed by atoms with Gasteiger partial charge in [0.2, 0.25) is 0 Å². The fraction of sp³-hybridized carbons (Fsp3) is 0.357. The summed E-state index contributed by atoms with van der Waals surface area (Å²) in [7, 11) is -2.23. The van der Waals surface area contributed by atoms with Gasteiger partial charge in [0, 0.05) is 46.8 Å². The van der Waals surface area contributed by atoms with Gasteiger partial charge < -0.3 is 14.7 Å². The molecule has 38 heavy (non-hydrogen) atoms. The standard InChI is InChI=1S/C28H29BCl6O3/c1-10-19(11(2)23(31)16(7)22(10)30)28(38-29(36)37,20-12(3)24(32)17(8)25(33)13(20)4)21-14(5)26(34)18(9)27(35)15(21)6/h36-37H,1-9H3. The molecule has 0 saturated heterocycles. The number of benzene rings is 3. The molecular formula is C28H29BCl6O3. The molecule has 0 radical (unpaired) electrons. The molecule has 0 aliphatic carbocycles. The lowest BCUT2D eigenvalue weighted by atomic mass is 9.69. The Balaban J connectivity index is 2.89. The third-order valence-corrected chi connectivity index (χ3v) is 10.9. The largest absolute Gasteiger partial charge is 0.635 e. The van der Waals surface area contributed by atoms with Gasteiger partial charge in [-0.1, -0.05) is 69.6 Å². The second kappa shape index (κ2) is 11.3. The van der Waals surface area contributed by atoms with Gasteiger partial charge in [-0.3, -0.25) is 0 Å². The molecule has 0 saturated carbocycles. The van der Waals surface area contributed by atoms with Crippen LogP contribution in [0.1, 0.15) is 66.8 Å². The summed E-state index contributed by atoms with van der Waals surface area (Å²) >= 11 is 41.1. The first-order valence-corrected chi connectivity index (χ1v) is 14.1. The third kappa shape index (κ3) is 4.68. The number of hydrogen-bond acceptors (Lipinski definition) is 3. The van der Waals surface area contributed by atoms with Crippen molar-refractivity contribution in [2.75, 3.05) is 0 Å². The molecule has 10 heteroatoms. The zero-order chi connectivity index (χ0) is 29.2. The van der Waals surface area contributed by atoms with Crippen LogP contribution in [-0.4, -0.2) is 17.4 Å². The highest BCUT2D eigenvalue weighted by atomic mass is 35.5. The molecule has 204 valence electrons. The number of hydrogen-bond donors (Lipinski definition) is 2. The van der Waals surface area contributed by atoms with E-state index >= 15 is 0 Å². The van der Waals surface area contributed by atoms with E-state index in [1.54, 1.807) is 0 Å². The molecule has 0 aromatic heterocycles. The van der Waals surface area contributed by atoms with Gasteiger partial charge in [0.25, 0.3) is 0 Å². The van der Waals surface area contributed by atoms with Crippen LogP contribution in [0.4, 0.5) is 0 Å². The normalized spacial score (nSPS) is 11.9. The van der Waals surface area contributed by atoms with Crippen LogP contribution < -0.4 is 0 Å². The maximum Gasteiger partial charge on any atom is 0.635 e. The Morgan fingerprint density at radius 1 is 0.421 bits per heavy atom. The summed E-state index contributed by atoms with van der Waals surface area (Å²) in [5.74, 6) is 0. The van der Waals surface area contributed by atoms with Crippen molar-refractivity contribution in [2.45, 2.75) is 67.9 Å². The highest BCUT2D eigenvalue weighted by Crippen LogP contribution is 2.55. The predicted octanol–water partition coefficient (Wildman–Crippen LogP) is 9.66. The molecule has 0 atom stereocenters. The van der Waals surface area contributed by atoms with E-state index in [-0.39, 0.29) is 0 Å². The fourth-order valence-electron chi connectivity index (χ4n) is 5.77. The Morgan fingerprint density at radius 3 is 0.763 bits per heavy atom. The summed E-state index contributed by atoms with van der Waals surface area (Å²) in [6, 6.07) is 0. The van der Waals surface area contributed by atoms with E-state index < -0.39 is 12.9 Å². The minimum atomic E-state index is -2.23. The van der Waals surface area contributed by atoms with E-state index in [2.05, 4.69) is 0 Å². The summed E-state index contributed by atoms with van der Waals surface area (Å²) in [5.41, 5.74) is 5.63. The molecular weight excluding hydrogens is 608 g/mol. The minimum Gasteiger partial charge on any atom is -0.402 e. The Morgan fingerprint density at radius 2 is 0.605 bits per heavy atom. The lowest BCUT2D eigenvalue weighted by Gasteiger charge is -2.43. The van der Waals surface area contributed by atoms with Crippen LogP contribution in [0.2, 0.25) is 30.1 Å². The molecule has 2 N–H and O–H groups in total. The van der Waals surface area contributed by atoms with Gasteiger partial charge in [-0.05, 0) is 112 Å². The highest BCUT2D eigenvalue weighted by Gasteiger charge is 2.49. The lowest BCUT2D eigenvalue weighted by Crippen LogP contribution is -2.43. The maximum absolute atomic E-state index is 10.5. The summed E-state index contributed by atoms with van der Waals surface area (Å²) in [4.78, 5) is 0. The number of rotatable bonds is 5. The average Bonchev–Trinajstić information content (AvgIpc) is 2.85. The molecule has 3 aromatic carbocycles. The smallest absolute Gasteiger partial charge is 0.402 e. The maximum atomic E-state index is 10.5. The molecule has 3 rings (SSSR count). The molecule has 0 unspecified atom stereocenters. The Labute approximate surface area is 255 Å². The van der Waals surface area contributed by atoms with Crippen LogP contribution in [0.5, 0.6) is 0 Å². The summed E-state index contributed by atoms with van der Waals surface area (Å²) in [6.45, 7) is 16.5. The van der Waals surface area contributed by atoms with E-state index in [0.717, 1.165) is 0 Å². The van der Waals surface area contributed by atoms with Crippen LogP contribution in [0.25, 0.3) is 0 Å². The quantitative estimate of drug-likeness (QED) is 0.217. The molecule has 0 aliphatic heterocycles. The van der Waals surface area contributed by atoms with Gasteiger partial charge in [0.15, 0.2) is 0 Å². The second-order valence-corrected chi connectivity index (χ2v) is 12.0. The van der Waals surface area contributed by atoms with E-state index in [0.29, 0.717) is 96.9 Å². The first-order valence-electron chi connectivity index (χ1n) is 11.8. The van der Waals surface area contributed by atoms with E-state index in [1.165, 1.54) is 0 Å². The third-order valence-electron chi connectivity index (χ3n) is 7.54. The van der Waals surface area contributed by atoms with Crippen molar-refractivity contribution in [3.05, 3.63) is 96.9 Å². The molecule has 0 bridgehead atoms. The fourth-order valence-corrected chi connectivity index (χ4v) is 7.05. The Kier molecular flexibility index (Phi) is 9.49. The molecule has 0 heterocycles. The van der Waals surface area contributed by atoms with E-state index in [1.807, 2.05) is 62.3 Å². The van der Waals surface area contributed by atoms with Crippen molar-refractivity contribution in [3.8, 4) is 0 Å². The van der Waals surface area contributed by atoms with Gasteiger partial charge in [0.05, 0.1) is 0 Å². The van der Waals surface area contributed by atoms with Crippen molar-refractivity contribution in [2.24, 2.45) is 0 Å². The first kappa shape index (κ1) is 31.9. The van der Waals surface area contributed by atoms with Crippen LogP contribution in [0, 0.1) is 62.3 Å². The highest BCUT2D eigenvalue weighted by molar-refractivity contribution is 6.39. The van der Waals surface area contributed by atoms with Crippen molar-refractivity contribution in [1.29, 1.82) is 0 Å². The predicted molar refractivity (Wildman–Crippen MR) is 163 cm³/mol. The van der Waals surface area contributed by atoms with Gasteiger partial charge in [-0.25, -0.2) is 0 Å². The van der Waals surface area contributed by atoms with E-state index in [4.69, 9.17) is 74.3 Å². The minimum absolute atomic E-state index is 0.412. The van der Waals surface area contributed by atoms with E-state index in [9.17, 15) is 10.0 Å². The molecule has 0 fully saturated rings. The van der Waals surface area contributed by atoms with Crippen LogP contribution in [-0.2, 0) is 10.3 Å². The van der Waals surface area contributed by atoms with Crippen LogP contribution >= 0.6 is 69.6 Å². The van der Waals surface area contributed by atoms with Gasteiger partial charge in [-0.15, -0.1) is 0 Å². The molecule has 0 amide bonds. The molecule has 3 nitrogen and oxygen atoms in total. The summed E-state index contributed by atoms with van der Waals surface area (Å²) in [6.07, 6.45) is 0. The summed E-state index contributed by atoms with van der Waals surface area (Å²) in [5, 5.41) is 23.5. The van der Waals surface area contributed by atoms with Crippen LogP contribution in [0.15, 0.2) is 0 Å². The molecule has 0 aliphatic rings. The first-order chi connectivity index (χ1) is 17.4. The Bertz CT molecular complexity index is 1230. The van der Waals surface area contributed by atoms with Crippen molar-refractivity contribution < 1.29 is 14.7 Å². The zero-order valence-corrected chi connectivity index (χ0v) is 27.2. The average molecular weight is 637 g/mol. The lowest BCUT2D eigenvalue weighted by molar-refractivity contribution is 0.0788. The zero-order valence-electron chi connectivity index (χ0n) is 22.6. The molecule has 3 aromatic rings. The summed E-state index contributed by atoms with van der Waals surface area (Å²) < 4.78 is 6.29. The van der Waals surface area contributed by atoms with Gasteiger partial charge in [-0.2, -0.15) is 0 Å². The van der Waals surface area contributed by atoms with Crippen LogP contribution in [0.3, 0.4) is 0 Å². The number of halogens is 6. The SMILES string of the molecule is Cc1c(Cl)c(C)c(C(OB(O)O)(c2c(C)c(Cl)c(C)c(Cl)c2C)c2c(C)c(Cl)c(C)c(Cl)c2C)c(C)c1Cl. The van der Waals surface area contributed by atoms with Crippen molar-refractivity contribution in [3.63, 3.8) is 0 Å². The topological polar surface area (TPSA) is 49.7 Å². The monoisotopic (exact) mass is 634 g/mol. The van der Waals surface area contributed by atoms with Crippen molar-refractivity contribution >= 4 is 76.9 Å². The second-order valence-electron chi connectivity index (χ2n) is 9.76. The van der Waals surface area contributed by atoms with Gasteiger partial charge in [0.1, 0.15) is 5.60 Å². The van der Waals surface area contributed by atoms with Gasteiger partial charge >= 0.3 is 7.32 Å².